The molecule has 0 saturated carbocycles. The van der Waals surface area contributed by atoms with Crippen LogP contribution >= 0.6 is 23.5 Å². The summed E-state index contributed by atoms with van der Waals surface area (Å²) in [6, 6.07) is 20.9. The number of rotatable bonds is 6. The number of thioether (sulfide) groups is 2. The van der Waals surface area contributed by atoms with Gasteiger partial charge in [-0.1, -0.05) is 66.6 Å². The lowest BCUT2D eigenvalue weighted by molar-refractivity contribution is 1.42. The summed E-state index contributed by atoms with van der Waals surface area (Å²) >= 11 is 3.60. The average molecular weight is 296 g/mol. The Labute approximate surface area is 129 Å². The maximum absolute atomic E-state index is 5.41. The lowest BCUT2D eigenvalue weighted by Crippen LogP contribution is -1.82. The first kappa shape index (κ1) is 14.8. The number of hydrogen-bond donors (Lipinski definition) is 0. The lowest BCUT2D eigenvalue weighted by atomic mass is 10.2. The molecule has 0 amide bonds. The Hall–Kier alpha value is -1.56. The lowest BCUT2D eigenvalue weighted by Gasteiger charge is -2.06. The third-order valence-corrected chi connectivity index (χ3v) is 5.12. The predicted molar refractivity (Wildman–Crippen MR) is 92.4 cm³/mol. The van der Waals surface area contributed by atoms with E-state index >= 15 is 0 Å². The van der Waals surface area contributed by atoms with Gasteiger partial charge in [0.05, 0.1) is 0 Å². The molecule has 0 aromatic heterocycles. The van der Waals surface area contributed by atoms with E-state index < -0.39 is 0 Å². The van der Waals surface area contributed by atoms with Crippen LogP contribution in [0.25, 0.3) is 0 Å². The van der Waals surface area contributed by atoms with Crippen molar-refractivity contribution >= 4 is 23.5 Å². The minimum Gasteiger partial charge on any atom is -0.115 e. The molecule has 20 heavy (non-hydrogen) atoms. The molecule has 0 fully saturated rings. The molecule has 2 aromatic carbocycles. The zero-order valence-corrected chi connectivity index (χ0v) is 12.8. The normalized spacial score (nSPS) is 9.75. The van der Waals surface area contributed by atoms with Crippen molar-refractivity contribution in [3.63, 3.8) is 0 Å². The second-order valence-corrected chi connectivity index (χ2v) is 6.47. The van der Waals surface area contributed by atoms with Crippen LogP contribution in [0.1, 0.15) is 11.1 Å². The largest absolute Gasteiger partial charge is 0.115 e. The summed E-state index contributed by atoms with van der Waals surface area (Å²) in [6.45, 7) is 0. The molecule has 0 atom stereocenters. The third kappa shape index (κ3) is 5.21. The number of terminal acetylenes is 1. The van der Waals surface area contributed by atoms with Crippen LogP contribution in [0.15, 0.2) is 71.0 Å². The smallest absolute Gasteiger partial charge is 0.0491 e. The van der Waals surface area contributed by atoms with Crippen LogP contribution < -0.4 is 0 Å². The first-order valence-electron chi connectivity index (χ1n) is 6.38. The topological polar surface area (TPSA) is 0 Å². The van der Waals surface area contributed by atoms with Crippen LogP contribution in [0.5, 0.6) is 0 Å². The second-order valence-electron chi connectivity index (χ2n) is 4.18. The van der Waals surface area contributed by atoms with Gasteiger partial charge in [-0.2, -0.15) is 0 Å². The van der Waals surface area contributed by atoms with Gasteiger partial charge in [-0.3, -0.25) is 0 Å². The SMILES string of the molecule is C#CC=C(SCc1ccccc1)SCc1ccccc1. The summed E-state index contributed by atoms with van der Waals surface area (Å²) in [5.74, 6) is 4.55. The molecule has 0 spiro atoms. The minimum atomic E-state index is 0.955. The van der Waals surface area contributed by atoms with Crippen LogP contribution in [-0.4, -0.2) is 0 Å². The highest BCUT2D eigenvalue weighted by molar-refractivity contribution is 8.21. The number of allylic oxidation sites excluding steroid dienone is 1. The van der Waals surface area contributed by atoms with Gasteiger partial charge in [0.15, 0.2) is 0 Å². The fourth-order valence-corrected chi connectivity index (χ4v) is 3.64. The first-order valence-corrected chi connectivity index (χ1v) is 8.35. The van der Waals surface area contributed by atoms with Crippen molar-refractivity contribution in [1.29, 1.82) is 0 Å². The first-order chi connectivity index (χ1) is 9.88. The molecule has 0 aliphatic rings. The van der Waals surface area contributed by atoms with Gasteiger partial charge in [0.25, 0.3) is 0 Å². The third-order valence-electron chi connectivity index (χ3n) is 2.65. The summed E-state index contributed by atoms with van der Waals surface area (Å²) in [7, 11) is 0. The molecule has 100 valence electrons. The molecule has 0 nitrogen and oxygen atoms in total. The molecular weight excluding hydrogens is 280 g/mol. The van der Waals surface area contributed by atoms with Crippen molar-refractivity contribution in [3.8, 4) is 12.3 Å². The summed E-state index contributed by atoms with van der Waals surface area (Å²) in [4.78, 5) is 0. The molecular formula is C18H16S2. The molecule has 0 saturated heterocycles. The van der Waals surface area contributed by atoms with E-state index in [9.17, 15) is 0 Å². The van der Waals surface area contributed by atoms with E-state index in [1.54, 1.807) is 23.5 Å². The van der Waals surface area contributed by atoms with Crippen molar-refractivity contribution in [2.45, 2.75) is 11.5 Å². The van der Waals surface area contributed by atoms with E-state index in [-0.39, 0.29) is 0 Å². The van der Waals surface area contributed by atoms with Crippen LogP contribution in [0.2, 0.25) is 0 Å². The maximum atomic E-state index is 5.41. The number of benzene rings is 2. The molecule has 0 heterocycles. The van der Waals surface area contributed by atoms with Gasteiger partial charge in [0.2, 0.25) is 0 Å². The highest BCUT2D eigenvalue weighted by atomic mass is 32.2. The molecule has 0 unspecified atom stereocenters. The van der Waals surface area contributed by atoms with Crippen molar-refractivity contribution in [2.24, 2.45) is 0 Å². The quantitative estimate of drug-likeness (QED) is 0.661. The fraction of sp³-hybridized carbons (Fsp3) is 0.111. The molecule has 2 aromatic rings. The molecule has 0 aliphatic heterocycles. The van der Waals surface area contributed by atoms with Crippen LogP contribution in [0.3, 0.4) is 0 Å². The summed E-state index contributed by atoms with van der Waals surface area (Å²) in [6.07, 6.45) is 7.28. The van der Waals surface area contributed by atoms with Gasteiger partial charge >= 0.3 is 0 Å². The van der Waals surface area contributed by atoms with Gasteiger partial charge in [-0.05, 0) is 11.1 Å². The zero-order valence-electron chi connectivity index (χ0n) is 11.2. The van der Waals surface area contributed by atoms with Crippen LogP contribution in [0, 0.1) is 12.3 Å². The monoisotopic (exact) mass is 296 g/mol. The zero-order chi connectivity index (χ0) is 14.0. The summed E-state index contributed by atoms with van der Waals surface area (Å²) in [5.41, 5.74) is 2.64. The van der Waals surface area contributed by atoms with Gasteiger partial charge < -0.3 is 0 Å². The molecule has 0 bridgehead atoms. The molecule has 2 heteroatoms. The highest BCUT2D eigenvalue weighted by Gasteiger charge is 2.01. The van der Waals surface area contributed by atoms with E-state index in [0.29, 0.717) is 0 Å². The van der Waals surface area contributed by atoms with Crippen molar-refractivity contribution in [1.82, 2.24) is 0 Å². The van der Waals surface area contributed by atoms with Crippen molar-refractivity contribution in [3.05, 3.63) is 82.1 Å². The second kappa shape index (κ2) is 8.58. The summed E-state index contributed by atoms with van der Waals surface area (Å²) < 4.78 is 1.19. The molecule has 0 N–H and O–H groups in total. The van der Waals surface area contributed by atoms with Crippen LogP contribution in [-0.2, 0) is 11.5 Å². The standard InChI is InChI=1S/C18H16S2/c1-2-9-18(19-14-16-10-5-3-6-11-16)20-15-17-12-7-4-8-13-17/h1,3-13H,14-15H2. The fourth-order valence-electron chi connectivity index (χ4n) is 1.65. The number of hydrogen-bond acceptors (Lipinski definition) is 2. The van der Waals surface area contributed by atoms with Gasteiger partial charge in [-0.15, -0.1) is 29.9 Å². The Bertz CT molecular complexity index is 534. The van der Waals surface area contributed by atoms with Gasteiger partial charge in [0.1, 0.15) is 0 Å². The predicted octanol–water partition coefficient (Wildman–Crippen LogP) is 5.33. The molecule has 0 radical (unpaired) electrons. The van der Waals surface area contributed by atoms with E-state index in [0.717, 1.165) is 11.5 Å². The summed E-state index contributed by atoms with van der Waals surface area (Å²) in [5, 5.41) is 0. The van der Waals surface area contributed by atoms with Gasteiger partial charge in [0, 0.05) is 21.8 Å². The Balaban J connectivity index is 1.88. The van der Waals surface area contributed by atoms with Crippen molar-refractivity contribution < 1.29 is 0 Å². The Morgan fingerprint density at radius 2 is 1.30 bits per heavy atom. The minimum absolute atomic E-state index is 0.955. The van der Waals surface area contributed by atoms with Crippen molar-refractivity contribution in [2.75, 3.05) is 0 Å². The van der Waals surface area contributed by atoms with E-state index in [2.05, 4.69) is 54.5 Å². The Kier molecular flexibility index (Phi) is 6.37. The average Bonchev–Trinajstić information content (AvgIpc) is 2.52. The van der Waals surface area contributed by atoms with Crippen LogP contribution in [0.4, 0.5) is 0 Å². The van der Waals surface area contributed by atoms with E-state index in [1.807, 2.05) is 18.2 Å². The molecule has 0 aliphatic carbocycles. The highest BCUT2D eigenvalue weighted by Crippen LogP contribution is 2.33. The van der Waals surface area contributed by atoms with E-state index in [1.165, 1.54) is 15.4 Å². The molecule has 2 rings (SSSR count). The van der Waals surface area contributed by atoms with E-state index in [4.69, 9.17) is 6.42 Å². The Morgan fingerprint density at radius 1 is 0.850 bits per heavy atom. The Morgan fingerprint density at radius 3 is 1.70 bits per heavy atom. The van der Waals surface area contributed by atoms with Gasteiger partial charge in [-0.25, -0.2) is 0 Å². The maximum Gasteiger partial charge on any atom is 0.0491 e.